The van der Waals surface area contributed by atoms with Gasteiger partial charge < -0.3 is 10.1 Å². The first-order valence-corrected chi connectivity index (χ1v) is 5.97. The molecule has 0 unspecified atom stereocenters. The van der Waals surface area contributed by atoms with Crippen molar-refractivity contribution in [1.29, 1.82) is 0 Å². The van der Waals surface area contributed by atoms with E-state index in [4.69, 9.17) is 4.74 Å². The van der Waals surface area contributed by atoms with Crippen molar-refractivity contribution < 1.29 is 4.74 Å². The van der Waals surface area contributed by atoms with Gasteiger partial charge >= 0.3 is 0 Å². The second kappa shape index (κ2) is 4.79. The second-order valence-electron chi connectivity index (χ2n) is 3.63. The normalized spacial score (nSPS) is 15.1. The molecule has 1 aromatic rings. The molecule has 0 amide bonds. The lowest BCUT2D eigenvalue weighted by atomic mass is 10.4. The van der Waals surface area contributed by atoms with Crippen LogP contribution in [-0.2, 0) is 0 Å². The third-order valence-corrected chi connectivity index (χ3v) is 2.97. The van der Waals surface area contributed by atoms with Crippen LogP contribution in [0.1, 0.15) is 19.8 Å². The molecule has 0 bridgehead atoms. The van der Waals surface area contributed by atoms with Gasteiger partial charge in [0, 0.05) is 6.54 Å². The molecule has 1 aromatic heterocycles. The van der Waals surface area contributed by atoms with Crippen LogP contribution in [0.25, 0.3) is 0 Å². The van der Waals surface area contributed by atoms with Gasteiger partial charge in [0.05, 0.1) is 6.61 Å². The molecule has 0 radical (unpaired) electrons. The van der Waals surface area contributed by atoms with E-state index < -0.39 is 0 Å². The van der Waals surface area contributed by atoms with Gasteiger partial charge in [0.2, 0.25) is 5.88 Å². The van der Waals surface area contributed by atoms with Crippen molar-refractivity contribution in [3.05, 3.63) is 10.8 Å². The molecular weight excluding hydrogens is 258 g/mol. The molecule has 1 fully saturated rings. The first kappa shape index (κ1) is 10.7. The highest BCUT2D eigenvalue weighted by Gasteiger charge is 2.22. The maximum atomic E-state index is 5.61. The number of halogens is 1. The molecule has 0 atom stereocenters. The summed E-state index contributed by atoms with van der Waals surface area (Å²) in [5, 5.41) is 3.14. The molecule has 1 heterocycles. The number of nitrogens with zero attached hydrogens (tertiary/aromatic N) is 2. The average molecular weight is 272 g/mol. The molecule has 1 aliphatic rings. The van der Waals surface area contributed by atoms with Gasteiger partial charge in [-0.05, 0) is 41.6 Å². The van der Waals surface area contributed by atoms with Crippen molar-refractivity contribution in [1.82, 2.24) is 9.97 Å². The van der Waals surface area contributed by atoms with Crippen LogP contribution < -0.4 is 10.1 Å². The molecule has 82 valence electrons. The summed E-state index contributed by atoms with van der Waals surface area (Å²) in [4.78, 5) is 8.22. The molecule has 15 heavy (non-hydrogen) atoms. The summed E-state index contributed by atoms with van der Waals surface area (Å²) in [7, 11) is 0. The van der Waals surface area contributed by atoms with Gasteiger partial charge in [-0.2, -0.15) is 0 Å². The minimum absolute atomic E-state index is 0.632. The van der Waals surface area contributed by atoms with Crippen LogP contribution in [0.3, 0.4) is 0 Å². The van der Waals surface area contributed by atoms with Crippen molar-refractivity contribution in [3.63, 3.8) is 0 Å². The fraction of sp³-hybridized carbons (Fsp3) is 0.600. The first-order chi connectivity index (χ1) is 7.31. The Balaban J connectivity index is 2.04. The molecule has 0 saturated heterocycles. The Morgan fingerprint density at radius 1 is 1.53 bits per heavy atom. The predicted molar refractivity (Wildman–Crippen MR) is 62.1 cm³/mol. The summed E-state index contributed by atoms with van der Waals surface area (Å²) < 4.78 is 6.42. The number of aromatic nitrogens is 2. The fourth-order valence-corrected chi connectivity index (χ4v) is 1.69. The van der Waals surface area contributed by atoms with E-state index in [1.54, 1.807) is 0 Å². The van der Waals surface area contributed by atoms with Crippen molar-refractivity contribution in [3.8, 4) is 5.88 Å². The topological polar surface area (TPSA) is 47.0 Å². The molecule has 1 N–H and O–H groups in total. The van der Waals surface area contributed by atoms with E-state index in [0.717, 1.165) is 29.4 Å². The maximum absolute atomic E-state index is 5.61. The fourth-order valence-electron chi connectivity index (χ4n) is 1.23. The molecule has 5 heteroatoms. The maximum Gasteiger partial charge on any atom is 0.233 e. The van der Waals surface area contributed by atoms with E-state index in [2.05, 4.69) is 31.2 Å². The molecular formula is C10H14BrN3O. The van der Waals surface area contributed by atoms with Gasteiger partial charge in [-0.25, -0.2) is 9.97 Å². The minimum atomic E-state index is 0.632. The molecule has 2 rings (SSSR count). The van der Waals surface area contributed by atoms with Gasteiger partial charge in [0.25, 0.3) is 0 Å². The SMILES string of the molecule is CCNc1ncnc(OCC2CC2)c1Br. The first-order valence-electron chi connectivity index (χ1n) is 5.18. The quantitative estimate of drug-likeness (QED) is 0.894. The lowest BCUT2D eigenvalue weighted by Crippen LogP contribution is -2.05. The Bertz CT molecular complexity index is 341. The highest BCUT2D eigenvalue weighted by Crippen LogP contribution is 2.32. The summed E-state index contributed by atoms with van der Waals surface area (Å²) in [6, 6.07) is 0. The lowest BCUT2D eigenvalue weighted by molar-refractivity contribution is 0.286. The highest BCUT2D eigenvalue weighted by molar-refractivity contribution is 9.10. The van der Waals surface area contributed by atoms with E-state index >= 15 is 0 Å². The van der Waals surface area contributed by atoms with Crippen molar-refractivity contribution in [2.45, 2.75) is 19.8 Å². The van der Waals surface area contributed by atoms with Crippen LogP contribution >= 0.6 is 15.9 Å². The second-order valence-corrected chi connectivity index (χ2v) is 4.42. The van der Waals surface area contributed by atoms with Crippen LogP contribution in [-0.4, -0.2) is 23.1 Å². The van der Waals surface area contributed by atoms with Crippen molar-refractivity contribution in [2.75, 3.05) is 18.5 Å². The summed E-state index contributed by atoms with van der Waals surface area (Å²) in [5.74, 6) is 2.15. The molecule has 4 nitrogen and oxygen atoms in total. The smallest absolute Gasteiger partial charge is 0.233 e. The Morgan fingerprint density at radius 3 is 3.00 bits per heavy atom. The van der Waals surface area contributed by atoms with Gasteiger partial charge in [-0.1, -0.05) is 0 Å². The van der Waals surface area contributed by atoms with Gasteiger partial charge in [-0.15, -0.1) is 0 Å². The zero-order valence-electron chi connectivity index (χ0n) is 8.66. The zero-order valence-corrected chi connectivity index (χ0v) is 10.2. The van der Waals surface area contributed by atoms with E-state index in [9.17, 15) is 0 Å². The predicted octanol–water partition coefficient (Wildman–Crippen LogP) is 2.46. The number of anilines is 1. The van der Waals surface area contributed by atoms with Crippen LogP contribution in [0.15, 0.2) is 10.8 Å². The summed E-state index contributed by atoms with van der Waals surface area (Å²) in [6.07, 6.45) is 4.08. The molecule has 0 aliphatic heterocycles. The van der Waals surface area contributed by atoms with Gasteiger partial charge in [-0.3, -0.25) is 0 Å². The van der Waals surface area contributed by atoms with Gasteiger partial charge in [0.1, 0.15) is 16.6 Å². The Hall–Kier alpha value is -0.840. The van der Waals surface area contributed by atoms with E-state index in [-0.39, 0.29) is 0 Å². The number of hydrogen-bond donors (Lipinski definition) is 1. The minimum Gasteiger partial charge on any atom is -0.476 e. The molecule has 0 spiro atoms. The van der Waals surface area contributed by atoms with Crippen LogP contribution in [0.2, 0.25) is 0 Å². The molecule has 1 aliphatic carbocycles. The van der Waals surface area contributed by atoms with Crippen molar-refractivity contribution >= 4 is 21.7 Å². The standard InChI is InChI=1S/C10H14BrN3O/c1-2-12-9-8(11)10(14-6-13-9)15-5-7-3-4-7/h6-7H,2-5H2,1H3,(H,12,13,14). The Labute approximate surface area is 97.6 Å². The highest BCUT2D eigenvalue weighted by atomic mass is 79.9. The Kier molecular flexibility index (Phi) is 3.41. The van der Waals surface area contributed by atoms with Crippen LogP contribution in [0.4, 0.5) is 5.82 Å². The Morgan fingerprint density at radius 2 is 2.33 bits per heavy atom. The van der Waals surface area contributed by atoms with E-state index in [1.807, 2.05) is 6.92 Å². The molecule has 0 aromatic carbocycles. The van der Waals surface area contributed by atoms with E-state index in [0.29, 0.717) is 5.88 Å². The monoisotopic (exact) mass is 271 g/mol. The average Bonchev–Trinajstić information content (AvgIpc) is 3.03. The third-order valence-electron chi connectivity index (χ3n) is 2.25. The van der Waals surface area contributed by atoms with Crippen molar-refractivity contribution in [2.24, 2.45) is 5.92 Å². The lowest BCUT2D eigenvalue weighted by Gasteiger charge is -2.09. The number of ether oxygens (including phenoxy) is 1. The zero-order chi connectivity index (χ0) is 10.7. The van der Waals surface area contributed by atoms with Gasteiger partial charge in [0.15, 0.2) is 0 Å². The van der Waals surface area contributed by atoms with Crippen LogP contribution in [0.5, 0.6) is 5.88 Å². The number of rotatable bonds is 5. The third kappa shape index (κ3) is 2.81. The summed E-state index contributed by atoms with van der Waals surface area (Å²) in [5.41, 5.74) is 0. The number of nitrogens with one attached hydrogen (secondary N) is 1. The van der Waals surface area contributed by atoms with E-state index in [1.165, 1.54) is 19.2 Å². The van der Waals surface area contributed by atoms with Crippen LogP contribution in [0, 0.1) is 5.92 Å². The summed E-state index contributed by atoms with van der Waals surface area (Å²) in [6.45, 7) is 3.62. The number of hydrogen-bond acceptors (Lipinski definition) is 4. The molecule has 1 saturated carbocycles. The largest absolute Gasteiger partial charge is 0.476 e. The summed E-state index contributed by atoms with van der Waals surface area (Å²) >= 11 is 3.44.